The highest BCUT2D eigenvalue weighted by atomic mass is 35.5. The second-order valence-corrected chi connectivity index (χ2v) is 8.13. The lowest BCUT2D eigenvalue weighted by molar-refractivity contribution is -0.115. The summed E-state index contributed by atoms with van der Waals surface area (Å²) in [4.78, 5) is 27.0. The van der Waals surface area contributed by atoms with Crippen molar-refractivity contribution < 1.29 is 14.3 Å². The molecule has 5 nitrogen and oxygen atoms in total. The van der Waals surface area contributed by atoms with Gasteiger partial charge in [0.25, 0.3) is 5.91 Å². The van der Waals surface area contributed by atoms with Gasteiger partial charge in [0.05, 0.1) is 29.1 Å². The van der Waals surface area contributed by atoms with Crippen molar-refractivity contribution in [2.24, 2.45) is 0 Å². The van der Waals surface area contributed by atoms with E-state index in [9.17, 15) is 9.59 Å². The first-order valence-corrected chi connectivity index (χ1v) is 10.7. The summed E-state index contributed by atoms with van der Waals surface area (Å²) < 4.78 is 5.45. The molecule has 0 spiro atoms. The fourth-order valence-corrected chi connectivity index (χ4v) is 4.75. The molecule has 30 heavy (non-hydrogen) atoms. The molecule has 3 aromatic carbocycles. The summed E-state index contributed by atoms with van der Waals surface area (Å²) in [5.41, 5.74) is 2.68. The van der Waals surface area contributed by atoms with Gasteiger partial charge in [0.2, 0.25) is 5.91 Å². The normalized spacial score (nSPS) is 15.9. The maximum absolute atomic E-state index is 12.7. The highest BCUT2D eigenvalue weighted by molar-refractivity contribution is 8.00. The lowest BCUT2D eigenvalue weighted by Gasteiger charge is -2.26. The van der Waals surface area contributed by atoms with Gasteiger partial charge < -0.3 is 10.1 Å². The maximum atomic E-state index is 12.7. The number of amides is 2. The van der Waals surface area contributed by atoms with Crippen LogP contribution in [0.4, 0.5) is 11.4 Å². The van der Waals surface area contributed by atoms with E-state index in [1.807, 2.05) is 48.5 Å². The van der Waals surface area contributed by atoms with Crippen molar-refractivity contribution in [1.29, 1.82) is 0 Å². The van der Waals surface area contributed by atoms with E-state index < -0.39 is 0 Å². The maximum Gasteiger partial charge on any atom is 0.257 e. The van der Waals surface area contributed by atoms with Crippen molar-refractivity contribution in [3.8, 4) is 5.75 Å². The molecule has 1 atom stereocenters. The third-order valence-corrected chi connectivity index (χ3v) is 6.30. The molecule has 3 aromatic rings. The number of carbonyl (C=O) groups excluding carboxylic acids is 2. The van der Waals surface area contributed by atoms with Gasteiger partial charge in [-0.25, -0.2) is 0 Å². The number of methoxy groups -OCH3 is 1. The number of rotatable bonds is 5. The van der Waals surface area contributed by atoms with Crippen molar-refractivity contribution in [3.63, 3.8) is 0 Å². The number of hydrogen-bond donors (Lipinski definition) is 1. The lowest BCUT2D eigenvalue weighted by Crippen LogP contribution is -2.28. The van der Waals surface area contributed by atoms with Crippen LogP contribution in [0.1, 0.15) is 21.3 Å². The summed E-state index contributed by atoms with van der Waals surface area (Å²) in [7, 11) is 1.59. The van der Waals surface area contributed by atoms with Gasteiger partial charge in [-0.3, -0.25) is 14.5 Å². The molecule has 0 saturated carbocycles. The Morgan fingerprint density at radius 2 is 1.87 bits per heavy atom. The summed E-state index contributed by atoms with van der Waals surface area (Å²) >= 11 is 7.67. The van der Waals surface area contributed by atoms with E-state index in [2.05, 4.69) is 5.32 Å². The van der Waals surface area contributed by atoms with Crippen LogP contribution in [0.25, 0.3) is 0 Å². The van der Waals surface area contributed by atoms with Gasteiger partial charge in [0.15, 0.2) is 0 Å². The second kappa shape index (κ2) is 8.81. The fourth-order valence-electron chi connectivity index (χ4n) is 3.37. The Balaban J connectivity index is 1.62. The molecule has 1 fully saturated rings. The Kier molecular flexibility index (Phi) is 5.97. The lowest BCUT2D eigenvalue weighted by atomic mass is 10.1. The number of nitrogens with zero attached hydrogens (tertiary/aromatic N) is 1. The smallest absolute Gasteiger partial charge is 0.257 e. The molecule has 1 aliphatic rings. The van der Waals surface area contributed by atoms with E-state index in [4.69, 9.17) is 16.3 Å². The Morgan fingerprint density at radius 1 is 1.10 bits per heavy atom. The molecule has 2 amide bonds. The summed E-state index contributed by atoms with van der Waals surface area (Å²) in [6, 6.07) is 21.9. The monoisotopic (exact) mass is 438 g/mol. The molecule has 1 saturated heterocycles. The standard InChI is InChI=1S/C23H19ClN2O3S/c1-29-20-12-5-4-11-19(20)26-21(27)14-30-23(26)15-7-6-8-16(13-15)25-22(28)17-9-2-3-10-18(17)24/h2-13,23H,14H2,1H3,(H,25,28). The largest absolute Gasteiger partial charge is 0.495 e. The SMILES string of the molecule is COc1ccccc1N1C(=O)CSC1c1cccc(NC(=O)c2ccccc2Cl)c1. The Morgan fingerprint density at radius 3 is 2.67 bits per heavy atom. The van der Waals surface area contributed by atoms with Crippen LogP contribution in [0.5, 0.6) is 5.75 Å². The quantitative estimate of drug-likeness (QED) is 0.581. The minimum absolute atomic E-state index is 0.0139. The summed E-state index contributed by atoms with van der Waals surface area (Å²) in [6.45, 7) is 0. The topological polar surface area (TPSA) is 58.6 Å². The van der Waals surface area contributed by atoms with Crippen LogP contribution in [0, 0.1) is 0 Å². The van der Waals surface area contributed by atoms with Crippen LogP contribution < -0.4 is 15.0 Å². The molecule has 0 bridgehead atoms. The van der Waals surface area contributed by atoms with Crippen molar-refractivity contribution in [3.05, 3.63) is 88.9 Å². The minimum atomic E-state index is -0.283. The zero-order chi connectivity index (χ0) is 21.1. The number of hydrogen-bond acceptors (Lipinski definition) is 4. The molecule has 0 aromatic heterocycles. The molecule has 1 N–H and O–H groups in total. The number of para-hydroxylation sites is 2. The highest BCUT2D eigenvalue weighted by Crippen LogP contribution is 2.45. The fraction of sp³-hybridized carbons (Fsp3) is 0.130. The van der Waals surface area contributed by atoms with E-state index in [0.29, 0.717) is 27.8 Å². The van der Waals surface area contributed by atoms with E-state index in [-0.39, 0.29) is 17.2 Å². The molecule has 4 rings (SSSR count). The number of ether oxygens (including phenoxy) is 1. The molecule has 7 heteroatoms. The van der Waals surface area contributed by atoms with Gasteiger partial charge >= 0.3 is 0 Å². The molecule has 1 unspecified atom stereocenters. The minimum Gasteiger partial charge on any atom is -0.495 e. The van der Waals surface area contributed by atoms with Crippen LogP contribution in [0.3, 0.4) is 0 Å². The Bertz CT molecular complexity index is 1110. The molecule has 0 radical (unpaired) electrons. The van der Waals surface area contributed by atoms with Gasteiger partial charge in [-0.2, -0.15) is 0 Å². The van der Waals surface area contributed by atoms with Crippen LogP contribution in [-0.2, 0) is 4.79 Å². The number of anilines is 2. The van der Waals surface area contributed by atoms with Crippen molar-refractivity contribution in [2.45, 2.75) is 5.37 Å². The van der Waals surface area contributed by atoms with Gasteiger partial charge in [-0.05, 0) is 42.0 Å². The summed E-state index contributed by atoms with van der Waals surface area (Å²) in [6.07, 6.45) is 0. The number of halogens is 1. The number of benzene rings is 3. The molecule has 1 aliphatic heterocycles. The van der Waals surface area contributed by atoms with E-state index in [0.717, 1.165) is 11.3 Å². The first-order valence-electron chi connectivity index (χ1n) is 9.31. The first-order chi connectivity index (χ1) is 14.6. The molecule has 1 heterocycles. The average molecular weight is 439 g/mol. The molecular weight excluding hydrogens is 420 g/mol. The summed E-state index contributed by atoms with van der Waals surface area (Å²) in [5.74, 6) is 0.745. The third kappa shape index (κ3) is 4.01. The highest BCUT2D eigenvalue weighted by Gasteiger charge is 2.35. The average Bonchev–Trinajstić information content (AvgIpc) is 3.15. The number of thioether (sulfide) groups is 1. The summed E-state index contributed by atoms with van der Waals surface area (Å²) in [5, 5.41) is 3.07. The number of nitrogens with one attached hydrogen (secondary N) is 1. The molecule has 0 aliphatic carbocycles. The van der Waals surface area contributed by atoms with Crippen molar-refractivity contribution in [2.75, 3.05) is 23.1 Å². The first kappa shape index (κ1) is 20.3. The van der Waals surface area contributed by atoms with E-state index >= 15 is 0 Å². The van der Waals surface area contributed by atoms with E-state index in [1.165, 1.54) is 11.8 Å². The van der Waals surface area contributed by atoms with Gasteiger partial charge in [0, 0.05) is 5.69 Å². The van der Waals surface area contributed by atoms with Crippen LogP contribution in [0.15, 0.2) is 72.8 Å². The molecular formula is C23H19ClN2O3S. The van der Waals surface area contributed by atoms with Gasteiger partial charge in [0.1, 0.15) is 11.1 Å². The third-order valence-electron chi connectivity index (χ3n) is 4.76. The zero-order valence-electron chi connectivity index (χ0n) is 16.2. The zero-order valence-corrected chi connectivity index (χ0v) is 17.7. The molecule has 152 valence electrons. The number of carbonyl (C=O) groups is 2. The predicted molar refractivity (Wildman–Crippen MR) is 122 cm³/mol. The van der Waals surface area contributed by atoms with Crippen molar-refractivity contribution in [1.82, 2.24) is 0 Å². The van der Waals surface area contributed by atoms with Crippen molar-refractivity contribution >= 4 is 46.6 Å². The van der Waals surface area contributed by atoms with Crippen LogP contribution in [-0.4, -0.2) is 24.7 Å². The van der Waals surface area contributed by atoms with Gasteiger partial charge in [-0.15, -0.1) is 11.8 Å². The second-order valence-electron chi connectivity index (χ2n) is 6.66. The van der Waals surface area contributed by atoms with Crippen LogP contribution in [0.2, 0.25) is 5.02 Å². The Labute approximate surface area is 184 Å². The van der Waals surface area contributed by atoms with Crippen LogP contribution >= 0.6 is 23.4 Å². The van der Waals surface area contributed by atoms with E-state index in [1.54, 1.807) is 36.3 Å². The van der Waals surface area contributed by atoms with Gasteiger partial charge in [-0.1, -0.05) is 48.0 Å². The predicted octanol–water partition coefficient (Wildman–Crippen LogP) is 5.38. The Hall–Kier alpha value is -2.96.